The average Bonchev–Trinajstić information content (AvgIpc) is 2.41. The predicted molar refractivity (Wildman–Crippen MR) is 73.2 cm³/mol. The van der Waals surface area contributed by atoms with Gasteiger partial charge in [0.2, 0.25) is 5.82 Å². The van der Waals surface area contributed by atoms with Crippen molar-refractivity contribution in [2.24, 2.45) is 0 Å². The highest BCUT2D eigenvalue weighted by Crippen LogP contribution is 2.25. The van der Waals surface area contributed by atoms with Crippen LogP contribution in [-0.4, -0.2) is 10.0 Å². The first-order chi connectivity index (χ1) is 9.47. The number of nitrogens with one attached hydrogen (secondary N) is 1. The Morgan fingerprint density at radius 1 is 1.25 bits per heavy atom. The van der Waals surface area contributed by atoms with E-state index in [4.69, 9.17) is 0 Å². The third kappa shape index (κ3) is 3.03. The van der Waals surface area contributed by atoms with Gasteiger partial charge >= 0.3 is 5.69 Å². The zero-order valence-corrected chi connectivity index (χ0v) is 10.7. The van der Waals surface area contributed by atoms with Crippen LogP contribution >= 0.6 is 0 Å². The van der Waals surface area contributed by atoms with Crippen molar-refractivity contribution in [3.05, 3.63) is 64.0 Å². The Hall–Kier alpha value is -2.63. The molecular weight excluding hydrogens is 263 g/mol. The number of halogens is 1. The number of rotatable bonds is 4. The summed E-state index contributed by atoms with van der Waals surface area (Å²) in [5, 5.41) is 22.9. The Kier molecular flexibility index (Phi) is 3.84. The van der Waals surface area contributed by atoms with E-state index in [1.54, 1.807) is 24.3 Å². The van der Waals surface area contributed by atoms with Crippen LogP contribution in [0.25, 0.3) is 0 Å². The monoisotopic (exact) mass is 276 g/mol. The van der Waals surface area contributed by atoms with Crippen LogP contribution in [0, 0.1) is 15.9 Å². The van der Waals surface area contributed by atoms with Gasteiger partial charge in [-0.05, 0) is 36.8 Å². The smallest absolute Gasteiger partial charge is 0.306 e. The Morgan fingerprint density at radius 2 is 1.90 bits per heavy atom. The van der Waals surface area contributed by atoms with Crippen molar-refractivity contribution in [2.75, 3.05) is 5.32 Å². The molecule has 0 heterocycles. The number of nitro benzene ring substituents is 1. The summed E-state index contributed by atoms with van der Waals surface area (Å²) in [6.07, 6.45) is 0. The van der Waals surface area contributed by atoms with Gasteiger partial charge in [-0.1, -0.05) is 12.1 Å². The Bertz CT molecular complexity index is 629. The molecule has 2 N–H and O–H groups in total. The van der Waals surface area contributed by atoms with Crippen molar-refractivity contribution in [2.45, 2.75) is 13.0 Å². The first-order valence-electron chi connectivity index (χ1n) is 5.97. The van der Waals surface area contributed by atoms with E-state index in [0.29, 0.717) is 5.69 Å². The molecule has 0 spiro atoms. The fraction of sp³-hybridized carbons (Fsp3) is 0.143. The standard InChI is InChI=1S/C14H13FN2O3/c1-9(10-2-5-12(18)6-3-10)16-11-4-7-13(15)14(8-11)17(19)20/h2-9,16,18H,1H3. The van der Waals surface area contributed by atoms with Gasteiger partial charge in [0.05, 0.1) is 4.92 Å². The number of nitro groups is 1. The number of phenolic OH excluding ortho intramolecular Hbond substituents is 1. The number of hydrogen-bond acceptors (Lipinski definition) is 4. The molecule has 2 rings (SSSR count). The van der Waals surface area contributed by atoms with E-state index in [2.05, 4.69) is 5.32 Å². The van der Waals surface area contributed by atoms with Gasteiger partial charge in [-0.15, -0.1) is 0 Å². The third-order valence-electron chi connectivity index (χ3n) is 2.92. The Balaban J connectivity index is 2.19. The normalized spacial score (nSPS) is 11.9. The summed E-state index contributed by atoms with van der Waals surface area (Å²) in [5.74, 6) is -0.698. The second-order valence-corrected chi connectivity index (χ2v) is 4.38. The molecule has 0 amide bonds. The highest BCUT2D eigenvalue weighted by atomic mass is 19.1. The van der Waals surface area contributed by atoms with Gasteiger partial charge < -0.3 is 10.4 Å². The summed E-state index contributed by atoms with van der Waals surface area (Å²) in [6, 6.07) is 10.1. The zero-order chi connectivity index (χ0) is 14.7. The van der Waals surface area contributed by atoms with E-state index in [0.717, 1.165) is 17.7 Å². The van der Waals surface area contributed by atoms with Gasteiger partial charge in [0.25, 0.3) is 0 Å². The molecule has 20 heavy (non-hydrogen) atoms. The van der Waals surface area contributed by atoms with Gasteiger partial charge in [0.15, 0.2) is 0 Å². The topological polar surface area (TPSA) is 75.4 Å². The Labute approximate surface area is 114 Å². The first kappa shape index (κ1) is 13.8. The van der Waals surface area contributed by atoms with Crippen LogP contribution in [0.5, 0.6) is 5.75 Å². The van der Waals surface area contributed by atoms with Crippen LogP contribution in [-0.2, 0) is 0 Å². The molecule has 0 aliphatic carbocycles. The largest absolute Gasteiger partial charge is 0.508 e. The highest BCUT2D eigenvalue weighted by molar-refractivity contribution is 5.53. The number of benzene rings is 2. The lowest BCUT2D eigenvalue weighted by atomic mass is 10.1. The van der Waals surface area contributed by atoms with Crippen molar-refractivity contribution in [3.8, 4) is 5.75 Å². The lowest BCUT2D eigenvalue weighted by Gasteiger charge is -2.15. The van der Waals surface area contributed by atoms with Crippen LogP contribution in [0.15, 0.2) is 42.5 Å². The van der Waals surface area contributed by atoms with Crippen molar-refractivity contribution in [1.82, 2.24) is 0 Å². The van der Waals surface area contributed by atoms with Crippen LogP contribution in [0.3, 0.4) is 0 Å². The highest BCUT2D eigenvalue weighted by Gasteiger charge is 2.15. The second kappa shape index (κ2) is 5.56. The van der Waals surface area contributed by atoms with E-state index < -0.39 is 16.4 Å². The number of anilines is 1. The average molecular weight is 276 g/mol. The lowest BCUT2D eigenvalue weighted by molar-refractivity contribution is -0.387. The fourth-order valence-electron chi connectivity index (χ4n) is 1.84. The maximum Gasteiger partial charge on any atom is 0.306 e. The minimum absolute atomic E-state index is 0.138. The SMILES string of the molecule is CC(Nc1ccc(F)c([N+](=O)[O-])c1)c1ccc(O)cc1. The van der Waals surface area contributed by atoms with Crippen LogP contribution < -0.4 is 5.32 Å². The molecule has 1 atom stereocenters. The van der Waals surface area contributed by atoms with E-state index >= 15 is 0 Å². The number of hydrogen-bond donors (Lipinski definition) is 2. The molecule has 0 saturated heterocycles. The summed E-state index contributed by atoms with van der Waals surface area (Å²) in [4.78, 5) is 9.92. The van der Waals surface area contributed by atoms with E-state index in [-0.39, 0.29) is 11.8 Å². The molecule has 104 valence electrons. The summed E-state index contributed by atoms with van der Waals surface area (Å²) in [7, 11) is 0. The summed E-state index contributed by atoms with van der Waals surface area (Å²) < 4.78 is 13.2. The number of nitrogens with zero attached hydrogens (tertiary/aromatic N) is 1. The van der Waals surface area contributed by atoms with Crippen molar-refractivity contribution >= 4 is 11.4 Å². The quantitative estimate of drug-likeness (QED) is 0.660. The van der Waals surface area contributed by atoms with Crippen LogP contribution in [0.1, 0.15) is 18.5 Å². The molecule has 0 aromatic heterocycles. The van der Waals surface area contributed by atoms with Crippen LogP contribution in [0.2, 0.25) is 0 Å². The van der Waals surface area contributed by atoms with Gasteiger partial charge in [-0.25, -0.2) is 0 Å². The number of phenols is 1. The Morgan fingerprint density at radius 3 is 2.50 bits per heavy atom. The van der Waals surface area contributed by atoms with Gasteiger partial charge in [-0.3, -0.25) is 10.1 Å². The molecule has 0 aliphatic rings. The molecule has 0 radical (unpaired) electrons. The second-order valence-electron chi connectivity index (χ2n) is 4.38. The molecule has 2 aromatic rings. The van der Waals surface area contributed by atoms with E-state index in [9.17, 15) is 19.6 Å². The third-order valence-corrected chi connectivity index (χ3v) is 2.92. The first-order valence-corrected chi connectivity index (χ1v) is 5.97. The minimum atomic E-state index is -0.863. The van der Waals surface area contributed by atoms with Gasteiger partial charge in [0, 0.05) is 17.8 Å². The molecule has 5 nitrogen and oxygen atoms in total. The molecule has 0 aliphatic heterocycles. The molecular formula is C14H13FN2O3. The van der Waals surface area contributed by atoms with Gasteiger partial charge in [-0.2, -0.15) is 4.39 Å². The molecule has 0 fully saturated rings. The van der Waals surface area contributed by atoms with Gasteiger partial charge in [0.1, 0.15) is 5.75 Å². The van der Waals surface area contributed by atoms with E-state index in [1.807, 2.05) is 6.92 Å². The summed E-state index contributed by atoms with van der Waals surface area (Å²) in [6.45, 7) is 1.86. The van der Waals surface area contributed by atoms with Crippen molar-refractivity contribution in [3.63, 3.8) is 0 Å². The molecule has 1 unspecified atom stereocenters. The molecule has 6 heteroatoms. The molecule has 0 saturated carbocycles. The van der Waals surface area contributed by atoms with Crippen LogP contribution in [0.4, 0.5) is 15.8 Å². The maximum absolute atomic E-state index is 13.2. The molecule has 2 aromatic carbocycles. The van der Waals surface area contributed by atoms with Crippen molar-refractivity contribution < 1.29 is 14.4 Å². The summed E-state index contributed by atoms with van der Waals surface area (Å²) in [5.41, 5.74) is 0.793. The van der Waals surface area contributed by atoms with E-state index in [1.165, 1.54) is 6.07 Å². The fourth-order valence-corrected chi connectivity index (χ4v) is 1.84. The number of aromatic hydroxyl groups is 1. The lowest BCUT2D eigenvalue weighted by Crippen LogP contribution is -2.07. The summed E-state index contributed by atoms with van der Waals surface area (Å²) >= 11 is 0. The van der Waals surface area contributed by atoms with Crippen molar-refractivity contribution in [1.29, 1.82) is 0 Å². The maximum atomic E-state index is 13.2. The zero-order valence-electron chi connectivity index (χ0n) is 10.7. The molecule has 0 bridgehead atoms. The predicted octanol–water partition coefficient (Wildman–Crippen LogP) is 3.61. The minimum Gasteiger partial charge on any atom is -0.508 e.